The topological polar surface area (TPSA) is 155 Å². The Balaban J connectivity index is 0.828. The summed E-state index contributed by atoms with van der Waals surface area (Å²) in [4.78, 5) is 52.0. The first-order valence-electron chi connectivity index (χ1n) is 25.4. The third-order valence-electron chi connectivity index (χ3n) is 13.7. The van der Waals surface area contributed by atoms with Crippen LogP contribution in [0.2, 0.25) is 0 Å². The van der Waals surface area contributed by atoms with Gasteiger partial charge in [0, 0.05) is 49.8 Å². The highest BCUT2D eigenvalue weighted by Crippen LogP contribution is 2.50. The van der Waals surface area contributed by atoms with Crippen molar-refractivity contribution in [1.82, 2.24) is 30.3 Å². The third-order valence-corrected chi connectivity index (χ3v) is 14.6. The number of nitrogens with one attached hydrogen (secondary N) is 2. The van der Waals surface area contributed by atoms with Crippen molar-refractivity contribution in [2.75, 3.05) is 80.0 Å². The molecule has 4 aromatic rings. The predicted molar refractivity (Wildman–Crippen MR) is 279 cm³/mol. The molecule has 402 valence electrons. The fraction of sp³-hybridized carbons (Fsp3) is 0.536. The van der Waals surface area contributed by atoms with Crippen molar-refractivity contribution in [2.45, 2.75) is 110 Å². The van der Waals surface area contributed by atoms with Gasteiger partial charge < -0.3 is 44.5 Å². The molecule has 0 spiro atoms. The second-order valence-electron chi connectivity index (χ2n) is 21.6. The molecule has 1 aliphatic carbocycles. The van der Waals surface area contributed by atoms with Crippen LogP contribution >= 0.6 is 11.3 Å². The molecule has 0 bridgehead atoms. The van der Waals surface area contributed by atoms with Crippen LogP contribution in [0.25, 0.3) is 16.0 Å². The van der Waals surface area contributed by atoms with Gasteiger partial charge in [0.05, 0.1) is 67.3 Å². The summed E-state index contributed by atoms with van der Waals surface area (Å²) in [5, 5.41) is 16.7. The highest BCUT2D eigenvalue weighted by molar-refractivity contribution is 7.13. The fourth-order valence-electron chi connectivity index (χ4n) is 10.2. The van der Waals surface area contributed by atoms with Crippen molar-refractivity contribution in [1.29, 1.82) is 0 Å². The highest BCUT2D eigenvalue weighted by Gasteiger charge is 2.46. The summed E-state index contributed by atoms with van der Waals surface area (Å²) in [6, 6.07) is 15.0. The zero-order chi connectivity index (χ0) is 53.5. The van der Waals surface area contributed by atoms with E-state index in [0.717, 1.165) is 44.0 Å². The van der Waals surface area contributed by atoms with E-state index in [9.17, 15) is 19.5 Å². The van der Waals surface area contributed by atoms with E-state index in [1.165, 1.54) is 30.9 Å². The van der Waals surface area contributed by atoms with Gasteiger partial charge in [-0.3, -0.25) is 19.3 Å². The maximum absolute atomic E-state index is 16.1. The molecule has 3 heterocycles. The first kappa shape index (κ1) is 56.5. The smallest absolute Gasteiger partial charge is 0.246 e. The summed E-state index contributed by atoms with van der Waals surface area (Å²) in [5.74, 6) is -2.91. The normalized spacial score (nSPS) is 19.9. The molecule has 1 aromatic heterocycles. The van der Waals surface area contributed by atoms with E-state index in [1.807, 2.05) is 113 Å². The van der Waals surface area contributed by atoms with Gasteiger partial charge in [-0.1, -0.05) is 69.3 Å². The van der Waals surface area contributed by atoms with Crippen molar-refractivity contribution in [3.05, 3.63) is 111 Å². The molecule has 3 aliphatic rings. The average Bonchev–Trinajstić information content (AvgIpc) is 4.05. The molecule has 0 radical (unpaired) electrons. The van der Waals surface area contributed by atoms with E-state index in [0.29, 0.717) is 19.4 Å². The molecule has 1 fully saturated rings. The number of likely N-dealkylation sites (N-methyl/N-ethyl adjacent to an activating group) is 1. The molecule has 74 heavy (non-hydrogen) atoms. The van der Waals surface area contributed by atoms with E-state index in [1.54, 1.807) is 11.3 Å². The Hall–Kier alpha value is -5.21. The Morgan fingerprint density at radius 1 is 0.919 bits per heavy atom. The number of aliphatic hydroxyl groups excluding tert-OH is 1. The van der Waals surface area contributed by atoms with Gasteiger partial charge in [0.25, 0.3) is 0 Å². The standard InChI is InChI=1S/C56H73F3N6O8S/c1-34-24-42-41-13-11-10-12-38(41)25-43(42)50(65(34)32-56(6,7)59)49-44(57)27-40(28-45(49)58)73-23-22-71-19-18-70-20-21-72-31-48(67)62-52(55(3,4)5)54(69)64-29-39(66)26-47(64)53(68)61-46(30-63(8)9)36-14-16-37(17-15-36)51-35(2)60-33-74-51/h10-17,27-28,33-34,39,46-47,50,52,66H,18-26,29-32H2,1-9H3,(H,61,68)(H,62,67)/t34-,39-,46-,47+,50?,52-/m1/s1. The third kappa shape index (κ3) is 14.2. The molecule has 3 N–H and O–H groups in total. The Bertz CT molecular complexity index is 2590. The lowest BCUT2D eigenvalue weighted by Gasteiger charge is -2.44. The van der Waals surface area contributed by atoms with E-state index in [-0.39, 0.29) is 83.1 Å². The number of aromatic nitrogens is 1. The second kappa shape index (κ2) is 24.6. The number of hydrogen-bond donors (Lipinski definition) is 3. The number of likely N-dealkylation sites (tertiary alicyclic amines) is 1. The van der Waals surface area contributed by atoms with Crippen LogP contribution in [0.4, 0.5) is 13.2 Å². The molecule has 2 aliphatic heterocycles. The number of aliphatic hydroxyl groups is 1. The molecule has 1 unspecified atom stereocenters. The lowest BCUT2D eigenvalue weighted by molar-refractivity contribution is -0.144. The molecule has 1 saturated heterocycles. The lowest BCUT2D eigenvalue weighted by atomic mass is 9.84. The number of β-amino-alcohol motifs (C(OH)–C–C–N with tert-alkyl or cyclic N) is 1. The minimum atomic E-state index is -1.59. The number of alkyl halides is 1. The van der Waals surface area contributed by atoms with E-state index in [2.05, 4.69) is 15.6 Å². The largest absolute Gasteiger partial charge is 0.491 e. The van der Waals surface area contributed by atoms with Crippen molar-refractivity contribution >= 4 is 34.6 Å². The molecular weight excluding hydrogens is 974 g/mol. The highest BCUT2D eigenvalue weighted by atomic mass is 32.1. The van der Waals surface area contributed by atoms with Crippen molar-refractivity contribution in [2.24, 2.45) is 5.41 Å². The molecule has 7 rings (SSSR count). The maximum Gasteiger partial charge on any atom is 0.246 e. The monoisotopic (exact) mass is 1050 g/mol. The number of hydrogen-bond acceptors (Lipinski definition) is 12. The summed E-state index contributed by atoms with van der Waals surface area (Å²) >= 11 is 1.56. The minimum Gasteiger partial charge on any atom is -0.491 e. The molecular formula is C56H73F3N6O8S. The number of carbonyl (C=O) groups is 3. The van der Waals surface area contributed by atoms with Gasteiger partial charge in [-0.15, -0.1) is 11.3 Å². The average molecular weight is 1050 g/mol. The van der Waals surface area contributed by atoms with Crippen LogP contribution in [0.5, 0.6) is 5.75 Å². The van der Waals surface area contributed by atoms with Crippen LogP contribution in [0.3, 0.4) is 0 Å². The number of carbonyl (C=O) groups excluding carboxylic acids is 3. The number of benzene rings is 3. The Morgan fingerprint density at radius 2 is 1.57 bits per heavy atom. The van der Waals surface area contributed by atoms with Crippen molar-refractivity contribution < 1.29 is 51.6 Å². The van der Waals surface area contributed by atoms with Crippen LogP contribution in [0.15, 0.2) is 71.7 Å². The van der Waals surface area contributed by atoms with Gasteiger partial charge in [0.15, 0.2) is 0 Å². The Labute approximate surface area is 437 Å². The van der Waals surface area contributed by atoms with Crippen LogP contribution in [-0.2, 0) is 35.0 Å². The fourth-order valence-corrected chi connectivity index (χ4v) is 11.0. The zero-order valence-electron chi connectivity index (χ0n) is 44.1. The maximum atomic E-state index is 16.1. The number of thiazole rings is 1. The van der Waals surface area contributed by atoms with Gasteiger partial charge in [0.2, 0.25) is 17.7 Å². The summed E-state index contributed by atoms with van der Waals surface area (Å²) in [6.45, 7) is 13.2. The van der Waals surface area contributed by atoms with Crippen LogP contribution in [-0.4, -0.2) is 152 Å². The summed E-state index contributed by atoms with van der Waals surface area (Å²) in [5.41, 5.74) is 6.38. The van der Waals surface area contributed by atoms with E-state index in [4.69, 9.17) is 18.9 Å². The van der Waals surface area contributed by atoms with Crippen molar-refractivity contribution in [3.8, 4) is 16.2 Å². The molecule has 18 heteroatoms. The lowest BCUT2D eigenvalue weighted by Crippen LogP contribution is -2.58. The van der Waals surface area contributed by atoms with Gasteiger partial charge in [-0.2, -0.15) is 0 Å². The number of ether oxygens (including phenoxy) is 4. The van der Waals surface area contributed by atoms with Gasteiger partial charge in [-0.05, 0) is 93.4 Å². The number of amides is 3. The number of halogens is 3. The predicted octanol–water partition coefficient (Wildman–Crippen LogP) is 7.63. The quantitative estimate of drug-likeness (QED) is 0.0629. The molecule has 14 nitrogen and oxygen atoms in total. The number of rotatable bonds is 23. The summed E-state index contributed by atoms with van der Waals surface area (Å²) < 4.78 is 69.7. The van der Waals surface area contributed by atoms with Crippen molar-refractivity contribution in [3.63, 3.8) is 0 Å². The van der Waals surface area contributed by atoms with Gasteiger partial charge in [0.1, 0.15) is 48.4 Å². The van der Waals surface area contributed by atoms with Gasteiger partial charge in [-0.25, -0.2) is 18.2 Å². The molecule has 0 saturated carbocycles. The summed E-state index contributed by atoms with van der Waals surface area (Å²) in [7, 11) is 3.83. The Kier molecular flexibility index (Phi) is 18.8. The SMILES string of the molecule is Cc1ncsc1-c1ccc([C@@H](CN(C)C)NC(=O)[C@@H]2C[C@@H](O)CN2C(=O)[C@@H](NC(=O)COCCOCCOCCOc2cc(F)c(C3C4=C(C[C@@H](C)N3CC(C)(C)F)c3ccccc3C4)c(F)c2)C(C)(C)C)cc1. The summed E-state index contributed by atoms with van der Waals surface area (Å²) in [6.07, 6.45) is 0.334. The number of nitrogens with zero attached hydrogens (tertiary/aromatic N) is 4. The molecule has 6 atom stereocenters. The van der Waals surface area contributed by atoms with Gasteiger partial charge >= 0.3 is 0 Å². The second-order valence-corrected chi connectivity index (χ2v) is 22.4. The van der Waals surface area contributed by atoms with Crippen LogP contribution < -0.4 is 15.4 Å². The Morgan fingerprint density at radius 3 is 2.19 bits per heavy atom. The van der Waals surface area contributed by atoms with E-state index < -0.39 is 70.7 Å². The number of aryl methyl sites for hydroxylation is 1. The molecule has 3 aromatic carbocycles. The first-order chi connectivity index (χ1) is 35.1. The number of fused-ring (bicyclic) bond motifs is 2. The first-order valence-corrected chi connectivity index (χ1v) is 26.3. The molecule has 3 amide bonds. The van der Waals surface area contributed by atoms with E-state index >= 15 is 13.2 Å². The van der Waals surface area contributed by atoms with Crippen LogP contribution in [0.1, 0.15) is 94.4 Å². The van der Waals surface area contributed by atoms with Crippen LogP contribution in [0, 0.1) is 24.0 Å². The minimum absolute atomic E-state index is 0.0134. The zero-order valence-corrected chi connectivity index (χ0v) is 45.0.